The highest BCUT2D eigenvalue weighted by Gasteiger charge is 2.07. The molecule has 0 aliphatic rings. The molecule has 0 fully saturated rings. The average molecular weight is 309 g/mol. The second-order valence-corrected chi connectivity index (χ2v) is 5.26. The third-order valence-electron chi connectivity index (χ3n) is 3.03. The molecule has 2 aromatic rings. The van der Waals surface area contributed by atoms with Crippen molar-refractivity contribution in [3.8, 4) is 0 Å². The van der Waals surface area contributed by atoms with Crippen molar-refractivity contribution in [3.05, 3.63) is 63.1 Å². The number of carbonyl (C=O) groups is 1. The molecular weight excluding hydrogens is 295 g/mol. The normalized spacial score (nSPS) is 10.3. The van der Waals surface area contributed by atoms with E-state index >= 15 is 0 Å². The smallest absolute Gasteiger partial charge is 0.248 e. The van der Waals surface area contributed by atoms with E-state index in [1.807, 2.05) is 13.0 Å². The highest BCUT2D eigenvalue weighted by Crippen LogP contribution is 2.26. The van der Waals surface area contributed by atoms with Crippen molar-refractivity contribution in [2.45, 2.75) is 13.5 Å². The molecule has 0 unspecified atom stereocenters. The maximum Gasteiger partial charge on any atom is 0.248 e. The number of halogens is 2. The standard InChI is InChI=1S/C15H14Cl2N2O/c1-9-7-10(15(18)20)5-6-14(9)19-8-11-12(16)3-2-4-13(11)17/h2-7,19H,8H2,1H3,(H2,18,20). The second-order valence-electron chi connectivity index (χ2n) is 4.45. The Kier molecular flexibility index (Phi) is 4.53. The van der Waals surface area contributed by atoms with Gasteiger partial charge in [-0.25, -0.2) is 0 Å². The molecule has 0 bridgehead atoms. The van der Waals surface area contributed by atoms with Crippen molar-refractivity contribution in [2.24, 2.45) is 5.73 Å². The minimum absolute atomic E-state index is 0.436. The molecule has 0 aromatic heterocycles. The number of benzene rings is 2. The molecule has 2 aromatic carbocycles. The van der Waals surface area contributed by atoms with Gasteiger partial charge >= 0.3 is 0 Å². The van der Waals surface area contributed by atoms with Crippen molar-refractivity contribution in [1.29, 1.82) is 0 Å². The van der Waals surface area contributed by atoms with Crippen LogP contribution >= 0.6 is 23.2 Å². The molecule has 20 heavy (non-hydrogen) atoms. The van der Waals surface area contributed by atoms with Crippen LogP contribution in [0, 0.1) is 6.92 Å². The number of amides is 1. The number of rotatable bonds is 4. The first kappa shape index (κ1) is 14.7. The number of hydrogen-bond donors (Lipinski definition) is 2. The molecule has 104 valence electrons. The van der Waals surface area contributed by atoms with Crippen LogP contribution in [0.4, 0.5) is 5.69 Å². The SMILES string of the molecule is Cc1cc(C(N)=O)ccc1NCc1c(Cl)cccc1Cl. The molecule has 3 N–H and O–H groups in total. The summed E-state index contributed by atoms with van der Waals surface area (Å²) < 4.78 is 0. The summed E-state index contributed by atoms with van der Waals surface area (Å²) in [4.78, 5) is 11.1. The first-order valence-electron chi connectivity index (χ1n) is 6.06. The number of aryl methyl sites for hydroxylation is 1. The predicted molar refractivity (Wildman–Crippen MR) is 83.5 cm³/mol. The number of hydrogen-bond acceptors (Lipinski definition) is 2. The Morgan fingerprint density at radius 3 is 2.40 bits per heavy atom. The van der Waals surface area contributed by atoms with E-state index in [-0.39, 0.29) is 0 Å². The molecule has 5 heteroatoms. The lowest BCUT2D eigenvalue weighted by atomic mass is 10.1. The Labute approximate surface area is 127 Å². The second kappa shape index (κ2) is 6.16. The van der Waals surface area contributed by atoms with Gasteiger partial charge in [-0.3, -0.25) is 4.79 Å². The minimum atomic E-state index is -0.436. The van der Waals surface area contributed by atoms with E-state index in [4.69, 9.17) is 28.9 Å². The monoisotopic (exact) mass is 308 g/mol. The molecule has 0 aliphatic heterocycles. The van der Waals surface area contributed by atoms with E-state index in [9.17, 15) is 4.79 Å². The summed E-state index contributed by atoms with van der Waals surface area (Å²) in [6.45, 7) is 2.41. The molecule has 0 saturated heterocycles. The number of nitrogens with one attached hydrogen (secondary N) is 1. The first-order valence-corrected chi connectivity index (χ1v) is 6.82. The molecule has 2 rings (SSSR count). The van der Waals surface area contributed by atoms with Gasteiger partial charge in [0.05, 0.1) is 0 Å². The lowest BCUT2D eigenvalue weighted by Gasteiger charge is -2.12. The van der Waals surface area contributed by atoms with E-state index in [1.165, 1.54) is 0 Å². The third kappa shape index (κ3) is 3.24. The van der Waals surface area contributed by atoms with Crippen molar-refractivity contribution in [2.75, 3.05) is 5.32 Å². The molecule has 3 nitrogen and oxygen atoms in total. The fourth-order valence-electron chi connectivity index (χ4n) is 1.90. The van der Waals surface area contributed by atoms with Gasteiger partial charge in [0.15, 0.2) is 0 Å². The highest BCUT2D eigenvalue weighted by molar-refractivity contribution is 6.36. The van der Waals surface area contributed by atoms with Crippen LogP contribution < -0.4 is 11.1 Å². The molecule has 0 radical (unpaired) electrons. The van der Waals surface area contributed by atoms with Gasteiger partial charge in [0.25, 0.3) is 0 Å². The van der Waals surface area contributed by atoms with Gasteiger partial charge in [-0.05, 0) is 42.8 Å². The van der Waals surface area contributed by atoms with Crippen LogP contribution in [0.3, 0.4) is 0 Å². The van der Waals surface area contributed by atoms with Gasteiger partial charge in [0, 0.05) is 33.4 Å². The average Bonchev–Trinajstić information content (AvgIpc) is 2.39. The van der Waals surface area contributed by atoms with Gasteiger partial charge in [0.1, 0.15) is 0 Å². The lowest BCUT2D eigenvalue weighted by Crippen LogP contribution is -2.11. The Morgan fingerprint density at radius 1 is 1.20 bits per heavy atom. The van der Waals surface area contributed by atoms with Gasteiger partial charge in [-0.2, -0.15) is 0 Å². The summed E-state index contributed by atoms with van der Waals surface area (Å²) in [5.74, 6) is -0.436. The van der Waals surface area contributed by atoms with Gasteiger partial charge in [0.2, 0.25) is 5.91 Å². The summed E-state index contributed by atoms with van der Waals surface area (Å²) in [7, 11) is 0. The van der Waals surface area contributed by atoms with E-state index < -0.39 is 5.91 Å². The topological polar surface area (TPSA) is 55.1 Å². The molecule has 0 heterocycles. The van der Waals surface area contributed by atoms with E-state index in [0.29, 0.717) is 22.2 Å². The molecule has 0 aliphatic carbocycles. The van der Waals surface area contributed by atoms with Crippen molar-refractivity contribution in [3.63, 3.8) is 0 Å². The molecular formula is C15H14Cl2N2O. The van der Waals surface area contributed by atoms with Crippen molar-refractivity contribution < 1.29 is 4.79 Å². The lowest BCUT2D eigenvalue weighted by molar-refractivity contribution is 0.1000. The summed E-state index contributed by atoms with van der Waals surface area (Å²) in [5.41, 5.74) is 8.42. The molecule has 1 amide bonds. The zero-order chi connectivity index (χ0) is 14.7. The van der Waals surface area contributed by atoms with E-state index in [0.717, 1.165) is 16.8 Å². The zero-order valence-corrected chi connectivity index (χ0v) is 12.4. The maximum absolute atomic E-state index is 11.1. The Hall–Kier alpha value is -1.71. The quantitative estimate of drug-likeness (QED) is 0.896. The maximum atomic E-state index is 11.1. The molecule has 0 spiro atoms. The van der Waals surface area contributed by atoms with E-state index in [2.05, 4.69) is 5.32 Å². The van der Waals surface area contributed by atoms with Gasteiger partial charge in [-0.15, -0.1) is 0 Å². The summed E-state index contributed by atoms with van der Waals surface area (Å²) in [6, 6.07) is 10.7. The summed E-state index contributed by atoms with van der Waals surface area (Å²) >= 11 is 12.2. The van der Waals surface area contributed by atoms with E-state index in [1.54, 1.807) is 30.3 Å². The Balaban J connectivity index is 2.17. The van der Waals surface area contributed by atoms with Gasteiger partial charge in [-0.1, -0.05) is 29.3 Å². The van der Waals surface area contributed by atoms with Crippen LogP contribution in [0.5, 0.6) is 0 Å². The first-order chi connectivity index (χ1) is 9.49. The van der Waals surface area contributed by atoms with Crippen LogP contribution in [-0.2, 0) is 6.54 Å². The Morgan fingerprint density at radius 2 is 1.85 bits per heavy atom. The molecule has 0 saturated carbocycles. The van der Waals surface area contributed by atoms with Gasteiger partial charge < -0.3 is 11.1 Å². The van der Waals surface area contributed by atoms with Crippen LogP contribution in [0.1, 0.15) is 21.5 Å². The third-order valence-corrected chi connectivity index (χ3v) is 3.74. The fourth-order valence-corrected chi connectivity index (χ4v) is 2.43. The van der Waals surface area contributed by atoms with Crippen LogP contribution in [-0.4, -0.2) is 5.91 Å². The van der Waals surface area contributed by atoms with Crippen molar-refractivity contribution >= 4 is 34.8 Å². The minimum Gasteiger partial charge on any atom is -0.381 e. The number of anilines is 1. The number of nitrogens with two attached hydrogens (primary N) is 1. The zero-order valence-electron chi connectivity index (χ0n) is 10.9. The number of carbonyl (C=O) groups excluding carboxylic acids is 1. The predicted octanol–water partition coefficient (Wildman–Crippen LogP) is 4.01. The molecule has 0 atom stereocenters. The van der Waals surface area contributed by atoms with Crippen LogP contribution in [0.2, 0.25) is 10.0 Å². The fraction of sp³-hybridized carbons (Fsp3) is 0.133. The van der Waals surface area contributed by atoms with Crippen LogP contribution in [0.25, 0.3) is 0 Å². The highest BCUT2D eigenvalue weighted by atomic mass is 35.5. The van der Waals surface area contributed by atoms with Crippen LogP contribution in [0.15, 0.2) is 36.4 Å². The summed E-state index contributed by atoms with van der Waals surface area (Å²) in [5, 5.41) is 4.50. The largest absolute Gasteiger partial charge is 0.381 e. The Bertz CT molecular complexity index is 636. The van der Waals surface area contributed by atoms with Crippen molar-refractivity contribution in [1.82, 2.24) is 0 Å². The number of primary amides is 1. The summed E-state index contributed by atoms with van der Waals surface area (Å²) in [6.07, 6.45) is 0.